The quantitative estimate of drug-likeness (QED) is 0.216. The van der Waals surface area contributed by atoms with Gasteiger partial charge in [0.15, 0.2) is 0 Å². The molecule has 0 atom stereocenters. The predicted molar refractivity (Wildman–Crippen MR) is 156 cm³/mol. The van der Waals surface area contributed by atoms with Crippen LogP contribution in [0, 0.1) is 6.92 Å². The van der Waals surface area contributed by atoms with Crippen molar-refractivity contribution in [2.24, 2.45) is 0 Å². The Morgan fingerprint density at radius 3 is 2.49 bits per heavy atom. The number of fused-ring (bicyclic) bond motifs is 1. The van der Waals surface area contributed by atoms with Crippen molar-refractivity contribution in [3.63, 3.8) is 0 Å². The van der Waals surface area contributed by atoms with Crippen LogP contribution in [0.15, 0.2) is 48.0 Å². The van der Waals surface area contributed by atoms with Gasteiger partial charge in [0.2, 0.25) is 0 Å². The molecule has 1 aromatic carbocycles. The normalized spacial score (nSPS) is 17.1. The van der Waals surface area contributed by atoms with E-state index in [1.165, 1.54) is 0 Å². The maximum Gasteiger partial charge on any atom is 0.274 e. The van der Waals surface area contributed by atoms with Crippen LogP contribution < -0.4 is 10.8 Å². The fourth-order valence-electron chi connectivity index (χ4n) is 6.07. The molecule has 214 valence electrons. The van der Waals surface area contributed by atoms with E-state index in [4.69, 9.17) is 19.9 Å². The van der Waals surface area contributed by atoms with Crippen molar-refractivity contribution in [1.29, 1.82) is 0 Å². The number of imidazole rings is 1. The first kappa shape index (κ1) is 27.5. The van der Waals surface area contributed by atoms with E-state index in [2.05, 4.69) is 15.6 Å². The predicted octanol–water partition coefficient (Wildman–Crippen LogP) is 3.81. The van der Waals surface area contributed by atoms with Crippen LogP contribution in [-0.2, 0) is 10.2 Å². The molecule has 0 radical (unpaired) electrons. The van der Waals surface area contributed by atoms with E-state index in [0.717, 1.165) is 91.8 Å². The molecule has 1 saturated heterocycles. The summed E-state index contributed by atoms with van der Waals surface area (Å²) in [7, 11) is 0. The Hall–Kier alpha value is -3.64. The summed E-state index contributed by atoms with van der Waals surface area (Å²) in [4.78, 5) is 37.1. The van der Waals surface area contributed by atoms with Crippen LogP contribution in [0.1, 0.15) is 62.7 Å². The summed E-state index contributed by atoms with van der Waals surface area (Å²) in [6, 6.07) is 11.1. The molecule has 0 unspecified atom stereocenters. The molecular weight excluding hydrogens is 540 g/mol. The zero-order valence-corrected chi connectivity index (χ0v) is 23.9. The summed E-state index contributed by atoms with van der Waals surface area (Å²) in [6.45, 7) is 6.61. The number of carbonyl (C=O) groups excluding carboxylic acids is 2. The van der Waals surface area contributed by atoms with Crippen LogP contribution in [0.3, 0.4) is 0 Å². The number of ether oxygens (including phenoxy) is 1. The fraction of sp³-hybridized carbons (Fsp3) is 0.400. The third kappa shape index (κ3) is 5.38. The molecule has 11 heteroatoms. The van der Waals surface area contributed by atoms with Gasteiger partial charge in [0.05, 0.1) is 30.2 Å². The number of rotatable bonds is 8. The number of pyridine rings is 1. The summed E-state index contributed by atoms with van der Waals surface area (Å²) in [5.74, 6) is -0.638. The molecular formula is C30H34N6O4S. The number of carbonyl (C=O) groups is 2. The zero-order chi connectivity index (χ0) is 28.4. The number of amides is 2. The Kier molecular flexibility index (Phi) is 7.85. The van der Waals surface area contributed by atoms with Crippen LogP contribution in [0.5, 0.6) is 0 Å². The van der Waals surface area contributed by atoms with Crippen molar-refractivity contribution in [1.82, 2.24) is 30.1 Å². The second kappa shape index (κ2) is 11.7. The van der Waals surface area contributed by atoms with E-state index in [9.17, 15) is 9.59 Å². The number of aryl methyl sites for hydroxylation is 1. The summed E-state index contributed by atoms with van der Waals surface area (Å²) in [5, 5.41) is 15.1. The Labute approximate surface area is 242 Å². The number of hydroxylamine groups is 1. The van der Waals surface area contributed by atoms with Gasteiger partial charge in [-0.25, -0.2) is 15.4 Å². The lowest BCUT2D eigenvalue weighted by Gasteiger charge is -2.27. The Bertz CT molecular complexity index is 1550. The SMILES string of the molecule is Cc1nc2ccc(C(=O)NCCN3CCOCC3)cn2c1-c1csc(C2(c3ccc(C(=O)NO)cc3)CCCC2)n1. The molecule has 10 nitrogen and oxygen atoms in total. The number of nitrogens with one attached hydrogen (secondary N) is 2. The monoisotopic (exact) mass is 574 g/mol. The maximum atomic E-state index is 13.0. The van der Waals surface area contributed by atoms with Crippen molar-refractivity contribution < 1.29 is 19.5 Å². The number of benzene rings is 1. The number of thiazole rings is 1. The van der Waals surface area contributed by atoms with Crippen LogP contribution in [0.2, 0.25) is 0 Å². The highest BCUT2D eigenvalue weighted by Crippen LogP contribution is 2.48. The van der Waals surface area contributed by atoms with E-state index >= 15 is 0 Å². The van der Waals surface area contributed by atoms with Crippen molar-refractivity contribution in [2.75, 3.05) is 39.4 Å². The van der Waals surface area contributed by atoms with Gasteiger partial charge in [-0.15, -0.1) is 11.3 Å². The molecule has 41 heavy (non-hydrogen) atoms. The molecule has 2 aliphatic rings. The third-order valence-electron chi connectivity index (χ3n) is 8.29. The van der Waals surface area contributed by atoms with E-state index in [0.29, 0.717) is 17.7 Å². The smallest absolute Gasteiger partial charge is 0.274 e. The summed E-state index contributed by atoms with van der Waals surface area (Å²) in [6.07, 6.45) is 6.02. The molecule has 2 fully saturated rings. The number of hydrogen-bond acceptors (Lipinski definition) is 8. The lowest BCUT2D eigenvalue weighted by molar-refractivity contribution is 0.0383. The lowest BCUT2D eigenvalue weighted by atomic mass is 9.79. The fourth-order valence-corrected chi connectivity index (χ4v) is 7.16. The van der Waals surface area contributed by atoms with E-state index in [-0.39, 0.29) is 11.3 Å². The third-order valence-corrected chi connectivity index (χ3v) is 9.33. The molecule has 3 aromatic heterocycles. The number of hydrogen-bond donors (Lipinski definition) is 3. The number of morpholine rings is 1. The standard InChI is InChI=1S/C30H34N6O4S/c1-20-26(36-18-22(6-9-25(36)32-20)27(37)31-12-13-35-14-16-40-17-15-35)24-19-41-29(33-24)30(10-2-3-11-30)23-7-4-21(5-8-23)28(38)34-39/h4-9,18-19,39H,2-3,10-17H2,1H3,(H,31,37)(H,34,38). The van der Waals surface area contributed by atoms with E-state index < -0.39 is 5.91 Å². The van der Waals surface area contributed by atoms with Gasteiger partial charge in [-0.05, 0) is 49.6 Å². The van der Waals surface area contributed by atoms with Gasteiger partial charge in [0.1, 0.15) is 16.3 Å². The number of nitrogens with zero attached hydrogens (tertiary/aromatic N) is 4. The highest BCUT2D eigenvalue weighted by atomic mass is 32.1. The molecule has 4 aromatic rings. The second-order valence-corrected chi connectivity index (χ2v) is 11.6. The van der Waals surface area contributed by atoms with Gasteiger partial charge in [0.25, 0.3) is 11.8 Å². The molecule has 1 aliphatic heterocycles. The number of aromatic nitrogens is 3. The van der Waals surface area contributed by atoms with Gasteiger partial charge in [-0.2, -0.15) is 0 Å². The van der Waals surface area contributed by atoms with Crippen molar-refractivity contribution in [2.45, 2.75) is 38.0 Å². The second-order valence-electron chi connectivity index (χ2n) is 10.7. The minimum atomic E-state index is -0.526. The van der Waals surface area contributed by atoms with Crippen molar-refractivity contribution in [3.05, 3.63) is 75.4 Å². The lowest BCUT2D eigenvalue weighted by Crippen LogP contribution is -2.41. The molecule has 1 aliphatic carbocycles. The molecule has 2 amide bonds. The molecule has 6 rings (SSSR count). The van der Waals surface area contributed by atoms with Crippen LogP contribution in [0.25, 0.3) is 17.0 Å². The van der Waals surface area contributed by atoms with Crippen molar-refractivity contribution in [3.8, 4) is 11.4 Å². The average Bonchev–Trinajstić information content (AvgIpc) is 3.76. The minimum Gasteiger partial charge on any atom is -0.379 e. The topological polar surface area (TPSA) is 121 Å². The van der Waals surface area contributed by atoms with Crippen LogP contribution >= 0.6 is 11.3 Å². The van der Waals surface area contributed by atoms with E-state index in [1.807, 2.05) is 41.8 Å². The Morgan fingerprint density at radius 2 is 1.76 bits per heavy atom. The summed E-state index contributed by atoms with van der Waals surface area (Å²) in [5.41, 5.74) is 6.92. The maximum absolute atomic E-state index is 13.0. The van der Waals surface area contributed by atoms with Gasteiger partial charge >= 0.3 is 0 Å². The molecule has 1 saturated carbocycles. The highest BCUT2D eigenvalue weighted by Gasteiger charge is 2.40. The summed E-state index contributed by atoms with van der Waals surface area (Å²) >= 11 is 1.64. The van der Waals surface area contributed by atoms with Crippen LogP contribution in [-0.4, -0.2) is 75.7 Å². The molecule has 4 heterocycles. The summed E-state index contributed by atoms with van der Waals surface area (Å²) < 4.78 is 7.37. The largest absolute Gasteiger partial charge is 0.379 e. The highest BCUT2D eigenvalue weighted by molar-refractivity contribution is 7.10. The zero-order valence-electron chi connectivity index (χ0n) is 23.1. The minimum absolute atomic E-state index is 0.111. The van der Waals surface area contributed by atoms with Crippen LogP contribution in [0.4, 0.5) is 0 Å². The van der Waals surface area contributed by atoms with Crippen molar-refractivity contribution >= 4 is 28.8 Å². The van der Waals surface area contributed by atoms with Gasteiger partial charge in [-0.1, -0.05) is 25.0 Å². The van der Waals surface area contributed by atoms with Gasteiger partial charge in [0, 0.05) is 48.7 Å². The van der Waals surface area contributed by atoms with E-state index in [1.54, 1.807) is 28.9 Å². The van der Waals surface area contributed by atoms with Gasteiger partial charge in [-0.3, -0.25) is 24.1 Å². The molecule has 0 bridgehead atoms. The molecule has 3 N–H and O–H groups in total. The molecule has 0 spiro atoms. The average molecular weight is 575 g/mol. The Morgan fingerprint density at radius 1 is 1.02 bits per heavy atom. The first-order valence-electron chi connectivity index (χ1n) is 14.1. The van der Waals surface area contributed by atoms with Gasteiger partial charge < -0.3 is 10.1 Å². The Balaban J connectivity index is 1.26. The first-order chi connectivity index (χ1) is 20.0. The first-order valence-corrected chi connectivity index (χ1v) is 14.9.